The molecular weight excluding hydrogens is 228 g/mol. The van der Waals surface area contributed by atoms with Crippen LogP contribution in [0.3, 0.4) is 0 Å². The van der Waals surface area contributed by atoms with Gasteiger partial charge in [-0.15, -0.1) is 0 Å². The molecule has 0 amide bonds. The second-order valence-electron chi connectivity index (χ2n) is 4.27. The average molecular weight is 242 g/mol. The van der Waals surface area contributed by atoms with Crippen molar-refractivity contribution in [3.05, 3.63) is 47.7 Å². The first kappa shape index (κ1) is 11.0. The summed E-state index contributed by atoms with van der Waals surface area (Å²) in [4.78, 5) is 4.21. The molecule has 0 spiro atoms. The predicted molar refractivity (Wildman–Crippen MR) is 68.0 cm³/mol. The Balaban J connectivity index is 1.97. The normalized spacial score (nSPS) is 11.2. The van der Waals surface area contributed by atoms with Crippen LogP contribution in [0.5, 0.6) is 0 Å². The van der Waals surface area contributed by atoms with E-state index >= 15 is 0 Å². The van der Waals surface area contributed by atoms with Gasteiger partial charge in [-0.1, -0.05) is 11.2 Å². The van der Waals surface area contributed by atoms with E-state index in [0.29, 0.717) is 24.8 Å². The third-order valence-corrected chi connectivity index (χ3v) is 2.95. The second kappa shape index (κ2) is 4.27. The largest absolute Gasteiger partial charge is 0.340 e. The third-order valence-electron chi connectivity index (χ3n) is 2.95. The monoisotopic (exact) mass is 242 g/mol. The molecule has 5 nitrogen and oxygen atoms in total. The van der Waals surface area contributed by atoms with Gasteiger partial charge in [-0.25, -0.2) is 0 Å². The number of nitrogens with zero attached hydrogens (tertiary/aromatic N) is 3. The molecular formula is C13H14N4O. The predicted octanol–water partition coefficient (Wildman–Crippen LogP) is 1.84. The molecule has 0 aliphatic heterocycles. The van der Waals surface area contributed by atoms with Crippen LogP contribution < -0.4 is 5.73 Å². The highest BCUT2D eigenvalue weighted by molar-refractivity contribution is 5.80. The summed E-state index contributed by atoms with van der Waals surface area (Å²) in [5.41, 5.74) is 7.92. The van der Waals surface area contributed by atoms with Crippen molar-refractivity contribution >= 4 is 10.9 Å². The number of aryl methyl sites for hydroxylation is 1. The highest BCUT2D eigenvalue weighted by Crippen LogP contribution is 2.18. The van der Waals surface area contributed by atoms with Crippen LogP contribution in [0.2, 0.25) is 0 Å². The number of aromatic nitrogens is 3. The molecule has 5 heteroatoms. The molecule has 0 radical (unpaired) electrons. The van der Waals surface area contributed by atoms with Crippen molar-refractivity contribution < 1.29 is 4.52 Å². The highest BCUT2D eigenvalue weighted by Gasteiger charge is 2.06. The summed E-state index contributed by atoms with van der Waals surface area (Å²) in [5.74, 6) is 1.28. The Labute approximate surface area is 104 Å². The maximum Gasteiger partial charge on any atom is 0.223 e. The molecule has 2 N–H and O–H groups in total. The van der Waals surface area contributed by atoms with Gasteiger partial charge < -0.3 is 14.8 Å². The lowest BCUT2D eigenvalue weighted by Crippen LogP contribution is -2.00. The molecule has 1 aromatic carbocycles. The molecule has 0 atom stereocenters. The van der Waals surface area contributed by atoms with Crippen LogP contribution in [-0.4, -0.2) is 14.7 Å². The number of hydrogen-bond donors (Lipinski definition) is 1. The summed E-state index contributed by atoms with van der Waals surface area (Å²) < 4.78 is 7.07. The maximum atomic E-state index is 5.63. The van der Waals surface area contributed by atoms with Gasteiger partial charge >= 0.3 is 0 Å². The molecule has 0 aliphatic rings. The van der Waals surface area contributed by atoms with Crippen LogP contribution in [0.15, 0.2) is 35.0 Å². The lowest BCUT2D eigenvalue weighted by Gasteiger charge is -2.02. The van der Waals surface area contributed by atoms with E-state index in [1.165, 1.54) is 5.39 Å². The van der Waals surface area contributed by atoms with Gasteiger partial charge in [0.1, 0.15) is 0 Å². The van der Waals surface area contributed by atoms with Gasteiger partial charge in [0, 0.05) is 25.2 Å². The maximum absolute atomic E-state index is 5.63. The van der Waals surface area contributed by atoms with E-state index < -0.39 is 0 Å². The van der Waals surface area contributed by atoms with Gasteiger partial charge in [-0.05, 0) is 29.1 Å². The minimum absolute atomic E-state index is 0.561. The highest BCUT2D eigenvalue weighted by atomic mass is 16.5. The molecule has 0 fully saturated rings. The van der Waals surface area contributed by atoms with Crippen molar-refractivity contribution in [1.82, 2.24) is 14.7 Å². The van der Waals surface area contributed by atoms with Crippen molar-refractivity contribution in [2.75, 3.05) is 0 Å². The van der Waals surface area contributed by atoms with Crippen LogP contribution in [0.4, 0.5) is 0 Å². The Kier molecular flexibility index (Phi) is 2.60. The first-order valence-corrected chi connectivity index (χ1v) is 5.83. The van der Waals surface area contributed by atoms with Crippen molar-refractivity contribution in [3.63, 3.8) is 0 Å². The second-order valence-corrected chi connectivity index (χ2v) is 4.27. The zero-order chi connectivity index (χ0) is 12.5. The summed E-state index contributed by atoms with van der Waals surface area (Å²) >= 11 is 0. The van der Waals surface area contributed by atoms with E-state index in [2.05, 4.69) is 32.9 Å². The fourth-order valence-electron chi connectivity index (χ4n) is 2.07. The minimum Gasteiger partial charge on any atom is -0.340 e. The van der Waals surface area contributed by atoms with Crippen molar-refractivity contribution in [1.29, 1.82) is 0 Å². The molecule has 3 aromatic rings. The lowest BCUT2D eigenvalue weighted by atomic mass is 10.1. The van der Waals surface area contributed by atoms with Gasteiger partial charge in [0.25, 0.3) is 0 Å². The number of nitrogens with two attached hydrogens (primary N) is 1. The smallest absolute Gasteiger partial charge is 0.223 e. The molecule has 2 heterocycles. The SMILES string of the molecule is Cc1nc(Cn2ccc3cc(CN)ccc32)no1. The van der Waals surface area contributed by atoms with Gasteiger partial charge in [0.15, 0.2) is 5.82 Å². The Hall–Kier alpha value is -2.14. The molecule has 3 rings (SSSR count). The third kappa shape index (κ3) is 1.89. The van der Waals surface area contributed by atoms with Crippen LogP contribution in [0, 0.1) is 6.92 Å². The zero-order valence-corrected chi connectivity index (χ0v) is 10.1. The number of hydrogen-bond acceptors (Lipinski definition) is 4. The van der Waals surface area contributed by atoms with E-state index in [1.807, 2.05) is 12.3 Å². The van der Waals surface area contributed by atoms with E-state index in [0.717, 1.165) is 11.1 Å². The summed E-state index contributed by atoms with van der Waals surface area (Å²) in [7, 11) is 0. The summed E-state index contributed by atoms with van der Waals surface area (Å²) in [6.07, 6.45) is 2.02. The van der Waals surface area contributed by atoms with E-state index in [9.17, 15) is 0 Å². The fourth-order valence-corrected chi connectivity index (χ4v) is 2.07. The first-order chi connectivity index (χ1) is 8.76. The minimum atomic E-state index is 0.561. The fraction of sp³-hybridized carbons (Fsp3) is 0.231. The Morgan fingerprint density at radius 1 is 1.33 bits per heavy atom. The lowest BCUT2D eigenvalue weighted by molar-refractivity contribution is 0.386. The molecule has 0 bridgehead atoms. The van der Waals surface area contributed by atoms with E-state index in [4.69, 9.17) is 10.3 Å². The van der Waals surface area contributed by atoms with Crippen molar-refractivity contribution in [2.24, 2.45) is 5.73 Å². The number of benzene rings is 1. The Morgan fingerprint density at radius 3 is 2.94 bits per heavy atom. The average Bonchev–Trinajstić information content (AvgIpc) is 2.96. The van der Waals surface area contributed by atoms with E-state index in [1.54, 1.807) is 6.92 Å². The number of fused-ring (bicyclic) bond motifs is 1. The molecule has 2 aromatic heterocycles. The molecule has 0 aliphatic carbocycles. The van der Waals surface area contributed by atoms with Crippen LogP contribution in [0.25, 0.3) is 10.9 Å². The van der Waals surface area contributed by atoms with Gasteiger partial charge in [-0.2, -0.15) is 4.98 Å². The van der Waals surface area contributed by atoms with Crippen molar-refractivity contribution in [3.8, 4) is 0 Å². The van der Waals surface area contributed by atoms with Crippen LogP contribution >= 0.6 is 0 Å². The van der Waals surface area contributed by atoms with E-state index in [-0.39, 0.29) is 0 Å². The van der Waals surface area contributed by atoms with Gasteiger partial charge in [-0.3, -0.25) is 0 Å². The quantitative estimate of drug-likeness (QED) is 0.760. The molecule has 0 unspecified atom stereocenters. The molecule has 0 saturated carbocycles. The van der Waals surface area contributed by atoms with Gasteiger partial charge in [0.2, 0.25) is 5.89 Å². The van der Waals surface area contributed by atoms with Crippen LogP contribution in [0.1, 0.15) is 17.3 Å². The zero-order valence-electron chi connectivity index (χ0n) is 10.1. The molecule has 92 valence electrons. The summed E-state index contributed by atoms with van der Waals surface area (Å²) in [6.45, 7) is 2.96. The Morgan fingerprint density at radius 2 is 2.22 bits per heavy atom. The topological polar surface area (TPSA) is 69.9 Å². The standard InChI is InChI=1S/C13H14N4O/c1-9-15-13(16-18-9)8-17-5-4-11-6-10(7-14)2-3-12(11)17/h2-6H,7-8,14H2,1H3. The van der Waals surface area contributed by atoms with Crippen LogP contribution in [-0.2, 0) is 13.1 Å². The van der Waals surface area contributed by atoms with Gasteiger partial charge in [0.05, 0.1) is 6.54 Å². The van der Waals surface area contributed by atoms with Crippen molar-refractivity contribution in [2.45, 2.75) is 20.0 Å². The Bertz CT molecular complexity index is 683. The number of rotatable bonds is 3. The molecule has 18 heavy (non-hydrogen) atoms. The molecule has 0 saturated heterocycles. The summed E-state index contributed by atoms with van der Waals surface area (Å²) in [5, 5.41) is 5.08. The summed E-state index contributed by atoms with van der Waals surface area (Å²) in [6, 6.07) is 8.29. The first-order valence-electron chi connectivity index (χ1n) is 5.83.